The Kier molecular flexibility index (Phi) is 5.50. The molecule has 3 heterocycles. The zero-order chi connectivity index (χ0) is 19.5. The van der Waals surface area contributed by atoms with Crippen LogP contribution < -0.4 is 5.32 Å². The van der Waals surface area contributed by atoms with Gasteiger partial charge in [0.15, 0.2) is 11.5 Å². The quantitative estimate of drug-likeness (QED) is 0.680. The molecule has 0 saturated carbocycles. The summed E-state index contributed by atoms with van der Waals surface area (Å²) in [5.41, 5.74) is 2.34. The Labute approximate surface area is 168 Å². The van der Waals surface area contributed by atoms with Crippen molar-refractivity contribution < 1.29 is 9.21 Å². The number of carbonyl (C=O) groups excluding carboxylic acids is 1. The van der Waals surface area contributed by atoms with Gasteiger partial charge in [-0.05, 0) is 49.6 Å². The van der Waals surface area contributed by atoms with Gasteiger partial charge in [0.1, 0.15) is 11.5 Å². The van der Waals surface area contributed by atoms with Crippen molar-refractivity contribution in [2.45, 2.75) is 32.4 Å². The van der Waals surface area contributed by atoms with Gasteiger partial charge in [-0.2, -0.15) is 5.10 Å². The second-order valence-electron chi connectivity index (χ2n) is 7.23. The highest BCUT2D eigenvalue weighted by Gasteiger charge is 2.22. The Bertz CT molecular complexity index is 939. The van der Waals surface area contributed by atoms with Crippen LogP contribution in [0.5, 0.6) is 0 Å². The summed E-state index contributed by atoms with van der Waals surface area (Å²) in [6.45, 7) is 4.69. The van der Waals surface area contributed by atoms with E-state index >= 15 is 0 Å². The normalized spacial score (nSPS) is 15.6. The number of likely N-dealkylation sites (tertiary alicyclic amines) is 1. The van der Waals surface area contributed by atoms with Crippen LogP contribution in [0, 0.1) is 6.92 Å². The largest absolute Gasteiger partial charge is 0.460 e. The van der Waals surface area contributed by atoms with Crippen LogP contribution in [0.15, 0.2) is 46.9 Å². The number of aromatic nitrogens is 2. The molecule has 1 aliphatic heterocycles. The molecule has 1 amide bonds. The number of nitrogens with one attached hydrogen (secondary N) is 2. The molecule has 2 aromatic heterocycles. The SMILES string of the molecule is Cc1ccc(-c2cc(C(=O)NC3CCN(Cc4ccc(Cl)cc4)CC3)n[nH]2)o1. The van der Waals surface area contributed by atoms with Gasteiger partial charge >= 0.3 is 0 Å². The smallest absolute Gasteiger partial charge is 0.272 e. The second-order valence-corrected chi connectivity index (χ2v) is 7.66. The Morgan fingerprint density at radius 3 is 2.68 bits per heavy atom. The molecular formula is C21H23ClN4O2. The van der Waals surface area contributed by atoms with E-state index in [9.17, 15) is 4.79 Å². The lowest BCUT2D eigenvalue weighted by atomic mass is 10.0. The standard InChI is InChI=1S/C21H23ClN4O2/c1-14-2-7-20(28-14)18-12-19(25-24-18)21(27)23-17-8-10-26(11-9-17)13-15-3-5-16(22)6-4-15/h2-7,12,17H,8-11,13H2,1H3,(H,23,27)(H,24,25). The van der Waals surface area contributed by atoms with E-state index in [1.165, 1.54) is 5.56 Å². The number of benzene rings is 1. The van der Waals surface area contributed by atoms with E-state index in [1.54, 1.807) is 6.07 Å². The maximum atomic E-state index is 12.5. The summed E-state index contributed by atoms with van der Waals surface area (Å²) in [6.07, 6.45) is 1.85. The summed E-state index contributed by atoms with van der Waals surface area (Å²) in [5.74, 6) is 1.35. The molecule has 0 atom stereocenters. The first kappa shape index (κ1) is 18.8. The maximum absolute atomic E-state index is 12.5. The molecule has 0 unspecified atom stereocenters. The van der Waals surface area contributed by atoms with Crippen molar-refractivity contribution in [1.29, 1.82) is 0 Å². The molecular weight excluding hydrogens is 376 g/mol. The summed E-state index contributed by atoms with van der Waals surface area (Å²) in [6, 6.07) is 13.6. The number of furan rings is 1. The van der Waals surface area contributed by atoms with Crippen LogP contribution in [-0.4, -0.2) is 40.1 Å². The van der Waals surface area contributed by atoms with E-state index in [1.807, 2.05) is 31.2 Å². The molecule has 28 heavy (non-hydrogen) atoms. The molecule has 1 saturated heterocycles. The molecule has 7 heteroatoms. The fourth-order valence-electron chi connectivity index (χ4n) is 3.49. The molecule has 0 spiro atoms. The van der Waals surface area contributed by atoms with Crippen molar-refractivity contribution >= 4 is 17.5 Å². The number of hydrogen-bond donors (Lipinski definition) is 2. The van der Waals surface area contributed by atoms with Crippen LogP contribution in [-0.2, 0) is 6.54 Å². The fraction of sp³-hybridized carbons (Fsp3) is 0.333. The van der Waals surface area contributed by atoms with Gasteiger partial charge < -0.3 is 9.73 Å². The van der Waals surface area contributed by atoms with Gasteiger partial charge in [-0.25, -0.2) is 0 Å². The van der Waals surface area contributed by atoms with Gasteiger partial charge in [0, 0.05) is 36.8 Å². The molecule has 2 N–H and O–H groups in total. The lowest BCUT2D eigenvalue weighted by Crippen LogP contribution is -2.44. The highest BCUT2D eigenvalue weighted by Crippen LogP contribution is 2.21. The second kappa shape index (κ2) is 8.20. The number of halogens is 1. The molecule has 0 radical (unpaired) electrons. The predicted molar refractivity (Wildman–Crippen MR) is 108 cm³/mol. The third kappa shape index (κ3) is 4.46. The van der Waals surface area contributed by atoms with Gasteiger partial charge in [-0.3, -0.25) is 14.8 Å². The van der Waals surface area contributed by atoms with Crippen molar-refractivity contribution in [3.63, 3.8) is 0 Å². The maximum Gasteiger partial charge on any atom is 0.272 e. The number of piperidine rings is 1. The third-order valence-corrected chi connectivity index (χ3v) is 5.31. The van der Waals surface area contributed by atoms with Gasteiger partial charge in [0.05, 0.1) is 0 Å². The van der Waals surface area contributed by atoms with Crippen molar-refractivity contribution in [1.82, 2.24) is 20.4 Å². The van der Waals surface area contributed by atoms with Crippen LogP contribution in [0.25, 0.3) is 11.5 Å². The molecule has 1 fully saturated rings. The number of amides is 1. The first-order chi connectivity index (χ1) is 13.6. The van der Waals surface area contributed by atoms with E-state index in [0.29, 0.717) is 17.1 Å². The van der Waals surface area contributed by atoms with Crippen molar-refractivity contribution in [2.24, 2.45) is 0 Å². The summed E-state index contributed by atoms with van der Waals surface area (Å²) in [5, 5.41) is 10.9. The molecule has 3 aromatic rings. The molecule has 4 rings (SSSR count). The number of carbonyl (C=O) groups is 1. The van der Waals surface area contributed by atoms with E-state index in [-0.39, 0.29) is 11.9 Å². The minimum atomic E-state index is -0.151. The van der Waals surface area contributed by atoms with E-state index in [2.05, 4.69) is 32.5 Å². The minimum Gasteiger partial charge on any atom is -0.460 e. The third-order valence-electron chi connectivity index (χ3n) is 5.06. The average molecular weight is 399 g/mol. The number of rotatable bonds is 5. The van der Waals surface area contributed by atoms with Crippen LogP contribution in [0.4, 0.5) is 0 Å². The van der Waals surface area contributed by atoms with E-state index < -0.39 is 0 Å². The fourth-order valence-corrected chi connectivity index (χ4v) is 3.61. The number of aromatic amines is 1. The van der Waals surface area contributed by atoms with E-state index in [4.69, 9.17) is 16.0 Å². The Morgan fingerprint density at radius 1 is 1.25 bits per heavy atom. The Morgan fingerprint density at radius 2 is 2.00 bits per heavy atom. The molecule has 6 nitrogen and oxygen atoms in total. The predicted octanol–water partition coefficient (Wildman–Crippen LogP) is 4.03. The van der Waals surface area contributed by atoms with Crippen LogP contribution in [0.1, 0.15) is 34.7 Å². The monoisotopic (exact) mass is 398 g/mol. The van der Waals surface area contributed by atoms with Gasteiger partial charge in [0.2, 0.25) is 0 Å². The lowest BCUT2D eigenvalue weighted by molar-refractivity contribution is 0.0904. The topological polar surface area (TPSA) is 74.2 Å². The lowest BCUT2D eigenvalue weighted by Gasteiger charge is -2.32. The highest BCUT2D eigenvalue weighted by atomic mass is 35.5. The number of hydrogen-bond acceptors (Lipinski definition) is 4. The molecule has 0 bridgehead atoms. The summed E-state index contributed by atoms with van der Waals surface area (Å²) in [4.78, 5) is 14.9. The first-order valence-electron chi connectivity index (χ1n) is 9.47. The summed E-state index contributed by atoms with van der Waals surface area (Å²) in [7, 11) is 0. The zero-order valence-electron chi connectivity index (χ0n) is 15.7. The highest BCUT2D eigenvalue weighted by molar-refractivity contribution is 6.30. The average Bonchev–Trinajstić information content (AvgIpc) is 3.34. The van der Waals surface area contributed by atoms with Crippen molar-refractivity contribution in [3.05, 3.63) is 64.5 Å². The Balaban J connectivity index is 1.28. The van der Waals surface area contributed by atoms with Gasteiger partial charge in [0.25, 0.3) is 5.91 Å². The van der Waals surface area contributed by atoms with E-state index in [0.717, 1.165) is 43.3 Å². The number of aryl methyl sites for hydroxylation is 1. The van der Waals surface area contributed by atoms with Crippen LogP contribution in [0.3, 0.4) is 0 Å². The minimum absolute atomic E-state index is 0.151. The number of H-pyrrole nitrogens is 1. The molecule has 1 aromatic carbocycles. The zero-order valence-corrected chi connectivity index (χ0v) is 16.5. The van der Waals surface area contributed by atoms with Crippen LogP contribution in [0.2, 0.25) is 5.02 Å². The molecule has 146 valence electrons. The first-order valence-corrected chi connectivity index (χ1v) is 9.84. The van der Waals surface area contributed by atoms with Crippen molar-refractivity contribution in [2.75, 3.05) is 13.1 Å². The summed E-state index contributed by atoms with van der Waals surface area (Å²) < 4.78 is 5.56. The Hall–Kier alpha value is -2.57. The molecule has 1 aliphatic rings. The van der Waals surface area contributed by atoms with Crippen LogP contribution >= 0.6 is 11.6 Å². The number of nitrogens with zero attached hydrogens (tertiary/aromatic N) is 2. The van der Waals surface area contributed by atoms with Gasteiger partial charge in [-0.15, -0.1) is 0 Å². The summed E-state index contributed by atoms with van der Waals surface area (Å²) >= 11 is 5.94. The van der Waals surface area contributed by atoms with Crippen molar-refractivity contribution in [3.8, 4) is 11.5 Å². The van der Waals surface area contributed by atoms with Gasteiger partial charge in [-0.1, -0.05) is 23.7 Å². The molecule has 0 aliphatic carbocycles.